The summed E-state index contributed by atoms with van der Waals surface area (Å²) in [5.74, 6) is 0.157. The fourth-order valence-electron chi connectivity index (χ4n) is 4.66. The van der Waals surface area contributed by atoms with Crippen molar-refractivity contribution in [1.82, 2.24) is 20.0 Å². The molecule has 4 rings (SSSR count). The van der Waals surface area contributed by atoms with Gasteiger partial charge in [-0.2, -0.15) is 5.10 Å². The van der Waals surface area contributed by atoms with Crippen molar-refractivity contribution in [3.8, 4) is 17.0 Å². The Morgan fingerprint density at radius 3 is 2.76 bits per heavy atom. The Labute approximate surface area is 210 Å². The average Bonchev–Trinajstić information content (AvgIpc) is 3.26. The number of carbonyl (C=O) groups is 2. The molecule has 0 saturated heterocycles. The molecule has 1 aliphatic carbocycles. The monoisotopic (exact) mass is 506 g/mol. The van der Waals surface area contributed by atoms with Crippen molar-refractivity contribution in [1.29, 1.82) is 0 Å². The van der Waals surface area contributed by atoms with Crippen LogP contribution >= 0.6 is 23.2 Å². The Hall–Kier alpha value is -2.25. The number of alkyl halides is 2. The summed E-state index contributed by atoms with van der Waals surface area (Å²) in [5.41, 5.74) is 1.78. The van der Waals surface area contributed by atoms with Gasteiger partial charge in [0.2, 0.25) is 5.00 Å². The SMILES string of the molecule is CCCCOc1ccccc1-c1cc2n(n1)CC(Cl)(C(=O)NC1CCCCC1)N(CCCl)C2=O. The van der Waals surface area contributed by atoms with Crippen LogP contribution in [0.2, 0.25) is 0 Å². The lowest BCUT2D eigenvalue weighted by Crippen LogP contribution is -2.64. The van der Waals surface area contributed by atoms with Crippen LogP contribution in [0.4, 0.5) is 0 Å². The van der Waals surface area contributed by atoms with Crippen LogP contribution in [0.5, 0.6) is 5.75 Å². The number of carbonyl (C=O) groups excluding carboxylic acids is 2. The summed E-state index contributed by atoms with van der Waals surface area (Å²) < 4.78 is 7.50. The van der Waals surface area contributed by atoms with Crippen molar-refractivity contribution < 1.29 is 14.3 Å². The second kappa shape index (κ2) is 11.0. The standard InChI is InChI=1S/C25H32Cl2N4O3/c1-2-3-15-34-22-12-8-7-11-19(22)20-16-21-23(32)30(14-13-26)25(27,17-31(21)29-20)24(33)28-18-9-5-4-6-10-18/h7-8,11-12,16,18H,2-6,9-10,13-15,17H2,1H3,(H,28,33). The fourth-order valence-corrected chi connectivity index (χ4v) is 5.15. The maximum absolute atomic E-state index is 13.5. The molecule has 1 aromatic heterocycles. The fraction of sp³-hybridized carbons (Fsp3) is 0.560. The summed E-state index contributed by atoms with van der Waals surface area (Å²) in [6.45, 7) is 2.93. The zero-order valence-electron chi connectivity index (χ0n) is 19.6. The van der Waals surface area contributed by atoms with Gasteiger partial charge < -0.3 is 15.0 Å². The molecule has 2 amide bonds. The van der Waals surface area contributed by atoms with Gasteiger partial charge in [0.15, 0.2) is 0 Å². The minimum atomic E-state index is -1.59. The Morgan fingerprint density at radius 2 is 2.03 bits per heavy atom. The van der Waals surface area contributed by atoms with Gasteiger partial charge in [-0.15, -0.1) is 11.6 Å². The number of unbranched alkanes of at least 4 members (excludes halogenated alkanes) is 1. The molecule has 0 bridgehead atoms. The van der Waals surface area contributed by atoms with Gasteiger partial charge in [0.05, 0.1) is 18.8 Å². The van der Waals surface area contributed by atoms with E-state index >= 15 is 0 Å². The van der Waals surface area contributed by atoms with E-state index in [2.05, 4.69) is 17.3 Å². The van der Waals surface area contributed by atoms with E-state index in [0.717, 1.165) is 44.1 Å². The summed E-state index contributed by atoms with van der Waals surface area (Å²) in [5, 5.41) is 7.75. The number of para-hydroxylation sites is 1. The van der Waals surface area contributed by atoms with Crippen LogP contribution in [0.25, 0.3) is 11.3 Å². The molecule has 1 unspecified atom stereocenters. The predicted octanol–water partition coefficient (Wildman–Crippen LogP) is 4.81. The van der Waals surface area contributed by atoms with E-state index < -0.39 is 5.00 Å². The lowest BCUT2D eigenvalue weighted by Gasteiger charge is -2.41. The van der Waals surface area contributed by atoms with Crippen LogP contribution in [-0.2, 0) is 11.3 Å². The Balaban J connectivity index is 1.63. The van der Waals surface area contributed by atoms with E-state index in [-0.39, 0.29) is 36.8 Å². The third kappa shape index (κ3) is 5.05. The normalized spacial score (nSPS) is 20.8. The quantitative estimate of drug-likeness (QED) is 0.300. The van der Waals surface area contributed by atoms with E-state index in [9.17, 15) is 9.59 Å². The number of fused-ring (bicyclic) bond motifs is 1. The van der Waals surface area contributed by atoms with Crippen LogP contribution in [0, 0.1) is 0 Å². The van der Waals surface area contributed by atoms with Gasteiger partial charge in [0, 0.05) is 24.0 Å². The second-order valence-electron chi connectivity index (χ2n) is 8.98. The van der Waals surface area contributed by atoms with Gasteiger partial charge in [-0.3, -0.25) is 14.3 Å². The van der Waals surface area contributed by atoms with Crippen LogP contribution < -0.4 is 10.1 Å². The summed E-state index contributed by atoms with van der Waals surface area (Å²) in [4.78, 5) is 26.6. The van der Waals surface area contributed by atoms with Crippen LogP contribution in [0.3, 0.4) is 0 Å². The van der Waals surface area contributed by atoms with Gasteiger partial charge in [0.25, 0.3) is 11.8 Å². The summed E-state index contributed by atoms with van der Waals surface area (Å²) in [6.07, 6.45) is 7.17. The number of nitrogens with zero attached hydrogens (tertiary/aromatic N) is 3. The maximum Gasteiger partial charge on any atom is 0.274 e. The van der Waals surface area contributed by atoms with Gasteiger partial charge >= 0.3 is 0 Å². The second-order valence-corrected chi connectivity index (χ2v) is 9.99. The van der Waals surface area contributed by atoms with E-state index in [1.165, 1.54) is 11.3 Å². The van der Waals surface area contributed by atoms with Crippen molar-refractivity contribution in [2.45, 2.75) is 69.5 Å². The van der Waals surface area contributed by atoms with Gasteiger partial charge in [-0.1, -0.05) is 56.3 Å². The highest BCUT2D eigenvalue weighted by atomic mass is 35.5. The zero-order valence-corrected chi connectivity index (χ0v) is 21.1. The molecule has 1 aromatic carbocycles. The van der Waals surface area contributed by atoms with Crippen molar-refractivity contribution >= 4 is 35.0 Å². The Bertz CT molecular complexity index is 1020. The maximum atomic E-state index is 13.5. The molecule has 1 N–H and O–H groups in total. The topological polar surface area (TPSA) is 76.5 Å². The van der Waals surface area contributed by atoms with E-state index in [1.807, 2.05) is 24.3 Å². The average molecular weight is 507 g/mol. The molecule has 34 heavy (non-hydrogen) atoms. The number of halogens is 2. The van der Waals surface area contributed by atoms with E-state index in [1.54, 1.807) is 10.7 Å². The van der Waals surface area contributed by atoms with Crippen molar-refractivity contribution in [2.24, 2.45) is 0 Å². The molecule has 0 spiro atoms. The third-order valence-corrected chi connectivity index (χ3v) is 7.21. The Kier molecular flexibility index (Phi) is 8.04. The van der Waals surface area contributed by atoms with Gasteiger partial charge in [-0.05, 0) is 37.5 Å². The van der Waals surface area contributed by atoms with Crippen LogP contribution in [0.1, 0.15) is 62.4 Å². The molecule has 1 aliphatic heterocycles. The molecule has 184 valence electrons. The number of hydrogen-bond acceptors (Lipinski definition) is 4. The first-order valence-electron chi connectivity index (χ1n) is 12.2. The number of nitrogens with one attached hydrogen (secondary N) is 1. The molecule has 2 heterocycles. The van der Waals surface area contributed by atoms with E-state index in [0.29, 0.717) is 23.7 Å². The summed E-state index contributed by atoms with van der Waals surface area (Å²) in [7, 11) is 0. The van der Waals surface area contributed by atoms with Gasteiger partial charge in [0.1, 0.15) is 11.4 Å². The van der Waals surface area contributed by atoms with Gasteiger partial charge in [-0.25, -0.2) is 0 Å². The lowest BCUT2D eigenvalue weighted by molar-refractivity contribution is -0.129. The van der Waals surface area contributed by atoms with Crippen LogP contribution in [-0.4, -0.2) is 56.6 Å². The highest BCUT2D eigenvalue weighted by molar-refractivity contribution is 6.36. The number of aromatic nitrogens is 2. The lowest BCUT2D eigenvalue weighted by atomic mass is 9.95. The van der Waals surface area contributed by atoms with Crippen molar-refractivity contribution in [3.05, 3.63) is 36.0 Å². The minimum Gasteiger partial charge on any atom is -0.493 e. The largest absolute Gasteiger partial charge is 0.493 e. The number of amides is 2. The zero-order chi connectivity index (χ0) is 24.1. The molecule has 1 saturated carbocycles. The predicted molar refractivity (Wildman–Crippen MR) is 133 cm³/mol. The number of rotatable bonds is 9. The highest BCUT2D eigenvalue weighted by Crippen LogP contribution is 2.35. The number of ether oxygens (including phenoxy) is 1. The Morgan fingerprint density at radius 1 is 1.26 bits per heavy atom. The molecule has 2 aromatic rings. The first-order chi connectivity index (χ1) is 16.5. The van der Waals surface area contributed by atoms with Crippen LogP contribution in [0.15, 0.2) is 30.3 Å². The molecule has 0 radical (unpaired) electrons. The molecule has 1 atom stereocenters. The smallest absolute Gasteiger partial charge is 0.274 e. The summed E-state index contributed by atoms with van der Waals surface area (Å²) >= 11 is 12.9. The molecule has 2 aliphatic rings. The number of hydrogen-bond donors (Lipinski definition) is 1. The first kappa shape index (κ1) is 24.9. The molecule has 7 nitrogen and oxygen atoms in total. The number of benzene rings is 1. The van der Waals surface area contributed by atoms with Crippen molar-refractivity contribution in [3.63, 3.8) is 0 Å². The molecular weight excluding hydrogens is 475 g/mol. The highest BCUT2D eigenvalue weighted by Gasteiger charge is 2.50. The summed E-state index contributed by atoms with van der Waals surface area (Å²) in [6, 6.07) is 9.45. The first-order valence-corrected chi connectivity index (χ1v) is 13.1. The molecule has 1 fully saturated rings. The minimum absolute atomic E-state index is 0.0456. The third-order valence-electron chi connectivity index (χ3n) is 6.55. The van der Waals surface area contributed by atoms with Crippen molar-refractivity contribution in [2.75, 3.05) is 19.0 Å². The van der Waals surface area contributed by atoms with E-state index in [4.69, 9.17) is 27.9 Å². The molecular formula is C25H32Cl2N4O3. The molecule has 9 heteroatoms.